The van der Waals surface area contributed by atoms with Gasteiger partial charge in [-0.1, -0.05) is 24.3 Å². The van der Waals surface area contributed by atoms with Crippen molar-refractivity contribution in [2.24, 2.45) is 7.05 Å². The van der Waals surface area contributed by atoms with Crippen molar-refractivity contribution in [3.8, 4) is 11.4 Å². The molecule has 146 valence electrons. The van der Waals surface area contributed by atoms with E-state index in [1.807, 2.05) is 36.4 Å². The molecule has 0 aliphatic carbocycles. The number of nitrogens with zero attached hydrogens (tertiary/aromatic N) is 3. The van der Waals surface area contributed by atoms with Gasteiger partial charge in [-0.3, -0.25) is 14.3 Å². The third-order valence-corrected chi connectivity index (χ3v) is 4.92. The van der Waals surface area contributed by atoms with Crippen LogP contribution < -0.4 is 15.6 Å². The van der Waals surface area contributed by atoms with Crippen molar-refractivity contribution in [2.75, 3.05) is 12.4 Å². The van der Waals surface area contributed by atoms with E-state index in [0.717, 1.165) is 16.8 Å². The van der Waals surface area contributed by atoms with E-state index in [4.69, 9.17) is 4.74 Å². The van der Waals surface area contributed by atoms with Crippen LogP contribution >= 0.6 is 0 Å². The predicted octanol–water partition coefficient (Wildman–Crippen LogP) is 3.29. The molecule has 1 amide bonds. The van der Waals surface area contributed by atoms with Crippen LogP contribution in [0.4, 0.5) is 5.69 Å². The highest BCUT2D eigenvalue weighted by Crippen LogP contribution is 2.20. The number of pyridine rings is 1. The zero-order valence-corrected chi connectivity index (χ0v) is 16.3. The molecule has 0 saturated carbocycles. The molecule has 0 spiro atoms. The van der Waals surface area contributed by atoms with Gasteiger partial charge in [-0.05, 0) is 43.3 Å². The van der Waals surface area contributed by atoms with E-state index >= 15 is 0 Å². The van der Waals surface area contributed by atoms with Gasteiger partial charge in [0.2, 0.25) is 0 Å². The molecule has 1 N–H and O–H groups in total. The third-order valence-electron chi connectivity index (χ3n) is 4.92. The lowest BCUT2D eigenvalue weighted by atomic mass is 10.2. The average Bonchev–Trinajstić information content (AvgIpc) is 2.96. The zero-order chi connectivity index (χ0) is 20.5. The Morgan fingerprint density at radius 3 is 2.55 bits per heavy atom. The van der Waals surface area contributed by atoms with Crippen molar-refractivity contribution in [3.63, 3.8) is 0 Å². The number of hydrogen-bond acceptors (Lipinski definition) is 4. The van der Waals surface area contributed by atoms with Crippen LogP contribution in [0, 0.1) is 6.92 Å². The lowest BCUT2D eigenvalue weighted by molar-refractivity contribution is 0.102. The molecule has 0 radical (unpaired) electrons. The maximum Gasteiger partial charge on any atom is 0.295 e. The lowest BCUT2D eigenvalue weighted by Gasteiger charge is -2.07. The summed E-state index contributed by atoms with van der Waals surface area (Å²) in [5.41, 5.74) is 2.22. The van der Waals surface area contributed by atoms with Crippen molar-refractivity contribution in [3.05, 3.63) is 82.4 Å². The number of aromatic nitrogens is 3. The molecular weight excluding hydrogens is 368 g/mol. The molecule has 29 heavy (non-hydrogen) atoms. The molecule has 2 heterocycles. The number of benzene rings is 2. The summed E-state index contributed by atoms with van der Waals surface area (Å²) in [6, 6.07) is 18.1. The van der Waals surface area contributed by atoms with Crippen molar-refractivity contribution >= 4 is 22.5 Å². The number of carbonyl (C=O) groups is 1. The highest BCUT2D eigenvalue weighted by Gasteiger charge is 2.19. The van der Waals surface area contributed by atoms with Crippen LogP contribution in [0.3, 0.4) is 0 Å². The number of para-hydroxylation sites is 1. The van der Waals surface area contributed by atoms with E-state index in [2.05, 4.69) is 10.3 Å². The fourth-order valence-corrected chi connectivity index (χ4v) is 3.25. The smallest absolute Gasteiger partial charge is 0.295 e. The molecule has 0 unspecified atom stereocenters. The average molecular weight is 388 g/mol. The molecule has 0 atom stereocenters. The Morgan fingerprint density at radius 1 is 1.07 bits per heavy atom. The Morgan fingerprint density at radius 2 is 1.83 bits per heavy atom. The van der Waals surface area contributed by atoms with Crippen molar-refractivity contribution in [1.29, 1.82) is 0 Å². The molecule has 0 aliphatic rings. The van der Waals surface area contributed by atoms with Crippen molar-refractivity contribution in [1.82, 2.24) is 14.3 Å². The van der Waals surface area contributed by atoms with E-state index < -0.39 is 5.91 Å². The number of rotatable bonds is 4. The topological polar surface area (TPSA) is 78.2 Å². The van der Waals surface area contributed by atoms with E-state index in [0.29, 0.717) is 11.2 Å². The zero-order valence-electron chi connectivity index (χ0n) is 16.3. The summed E-state index contributed by atoms with van der Waals surface area (Å²) in [4.78, 5) is 30.2. The SMILES string of the molecule is COc1ccc2nc(C(=O)Nc3c(C)n(C)n(-c4ccccc4)c3=O)ccc2c1. The van der Waals surface area contributed by atoms with Gasteiger partial charge >= 0.3 is 0 Å². The first-order valence-corrected chi connectivity index (χ1v) is 9.10. The summed E-state index contributed by atoms with van der Waals surface area (Å²) in [5.74, 6) is 0.284. The van der Waals surface area contributed by atoms with Gasteiger partial charge in [-0.15, -0.1) is 0 Å². The minimum atomic E-state index is -0.436. The van der Waals surface area contributed by atoms with Crippen LogP contribution in [0.5, 0.6) is 5.75 Å². The van der Waals surface area contributed by atoms with Crippen LogP contribution in [0.1, 0.15) is 16.2 Å². The van der Waals surface area contributed by atoms with Gasteiger partial charge in [0.05, 0.1) is 24.0 Å². The fraction of sp³-hybridized carbons (Fsp3) is 0.136. The molecule has 2 aromatic carbocycles. The lowest BCUT2D eigenvalue weighted by Crippen LogP contribution is -2.23. The highest BCUT2D eigenvalue weighted by molar-refractivity contribution is 6.04. The van der Waals surface area contributed by atoms with E-state index in [-0.39, 0.29) is 16.9 Å². The minimum absolute atomic E-state index is 0.233. The molecular formula is C22H20N4O3. The number of anilines is 1. The van der Waals surface area contributed by atoms with Gasteiger partial charge in [0.1, 0.15) is 17.1 Å². The minimum Gasteiger partial charge on any atom is -0.497 e. The second-order valence-corrected chi connectivity index (χ2v) is 6.65. The van der Waals surface area contributed by atoms with Crippen LogP contribution in [0.15, 0.2) is 65.5 Å². The number of nitrogens with one attached hydrogen (secondary N) is 1. The van der Waals surface area contributed by atoms with Gasteiger partial charge in [0.25, 0.3) is 11.5 Å². The van der Waals surface area contributed by atoms with Crippen LogP contribution in [-0.2, 0) is 7.05 Å². The molecule has 0 bridgehead atoms. The van der Waals surface area contributed by atoms with Gasteiger partial charge in [0.15, 0.2) is 0 Å². The third kappa shape index (κ3) is 3.27. The van der Waals surface area contributed by atoms with E-state index in [1.165, 1.54) is 4.68 Å². The van der Waals surface area contributed by atoms with Crippen LogP contribution in [0.2, 0.25) is 0 Å². The first-order valence-electron chi connectivity index (χ1n) is 9.10. The number of hydrogen-bond donors (Lipinski definition) is 1. The summed E-state index contributed by atoms with van der Waals surface area (Å²) in [5, 5.41) is 3.60. The first-order chi connectivity index (χ1) is 14.0. The van der Waals surface area contributed by atoms with Gasteiger partial charge in [0, 0.05) is 12.4 Å². The highest BCUT2D eigenvalue weighted by atomic mass is 16.5. The molecule has 4 aromatic rings. The summed E-state index contributed by atoms with van der Waals surface area (Å²) in [7, 11) is 3.38. The largest absolute Gasteiger partial charge is 0.497 e. The second-order valence-electron chi connectivity index (χ2n) is 6.65. The summed E-state index contributed by atoms with van der Waals surface area (Å²) in [6.07, 6.45) is 0. The predicted molar refractivity (Wildman–Crippen MR) is 112 cm³/mol. The standard InChI is InChI=1S/C22H20N4O3/c1-14-20(22(28)26(25(14)2)16-7-5-4-6-8-16)24-21(27)19-11-9-15-13-17(29-3)10-12-18(15)23-19/h4-13H,1-3H3,(H,24,27). The summed E-state index contributed by atoms with van der Waals surface area (Å²) < 4.78 is 8.44. The second kappa shape index (κ2) is 7.27. The normalized spacial score (nSPS) is 10.9. The van der Waals surface area contributed by atoms with Gasteiger partial charge in [-0.25, -0.2) is 9.67 Å². The van der Waals surface area contributed by atoms with E-state index in [9.17, 15) is 9.59 Å². The summed E-state index contributed by atoms with van der Waals surface area (Å²) >= 11 is 0. The maximum atomic E-state index is 13.0. The van der Waals surface area contributed by atoms with Crippen molar-refractivity contribution in [2.45, 2.75) is 6.92 Å². The Balaban J connectivity index is 1.69. The summed E-state index contributed by atoms with van der Waals surface area (Å²) in [6.45, 7) is 1.79. The Hall–Kier alpha value is -3.87. The number of fused-ring (bicyclic) bond motifs is 1. The quantitative estimate of drug-likeness (QED) is 0.582. The van der Waals surface area contributed by atoms with Crippen LogP contribution in [-0.4, -0.2) is 27.4 Å². The van der Waals surface area contributed by atoms with Crippen LogP contribution in [0.25, 0.3) is 16.6 Å². The monoisotopic (exact) mass is 388 g/mol. The molecule has 7 nitrogen and oxygen atoms in total. The Kier molecular flexibility index (Phi) is 4.64. The number of methoxy groups -OCH3 is 1. The molecule has 7 heteroatoms. The van der Waals surface area contributed by atoms with Gasteiger partial charge in [-0.2, -0.15) is 0 Å². The van der Waals surface area contributed by atoms with Gasteiger partial charge < -0.3 is 10.1 Å². The number of ether oxygens (including phenoxy) is 1. The number of carbonyl (C=O) groups excluding carboxylic acids is 1. The maximum absolute atomic E-state index is 13.0. The Labute approximate surface area is 167 Å². The fourth-order valence-electron chi connectivity index (χ4n) is 3.25. The molecule has 4 rings (SSSR count). The van der Waals surface area contributed by atoms with E-state index in [1.54, 1.807) is 50.0 Å². The molecule has 0 saturated heterocycles. The molecule has 0 fully saturated rings. The molecule has 0 aliphatic heterocycles. The number of amides is 1. The Bertz CT molecular complexity index is 1270. The van der Waals surface area contributed by atoms with Crippen molar-refractivity contribution < 1.29 is 9.53 Å². The molecule has 2 aromatic heterocycles. The first kappa shape index (κ1) is 18.5.